The van der Waals surface area contributed by atoms with Crippen LogP contribution in [0.3, 0.4) is 0 Å². The Morgan fingerprint density at radius 3 is 3.00 bits per heavy atom. The normalized spacial score (nSPS) is 24.9. The van der Waals surface area contributed by atoms with E-state index < -0.39 is 0 Å². The third-order valence-electron chi connectivity index (χ3n) is 4.01. The molecular weight excluding hydrogens is 258 g/mol. The summed E-state index contributed by atoms with van der Waals surface area (Å²) in [6.07, 6.45) is 5.16. The highest BCUT2D eigenvalue weighted by Gasteiger charge is 2.27. The maximum absolute atomic E-state index is 12.2. The minimum Gasteiger partial charge on any atom is -0.396 e. The van der Waals surface area contributed by atoms with E-state index in [1.807, 2.05) is 18.4 Å². The summed E-state index contributed by atoms with van der Waals surface area (Å²) in [5, 5.41) is 14.6. The van der Waals surface area contributed by atoms with E-state index in [-0.39, 0.29) is 30.4 Å². The van der Waals surface area contributed by atoms with Crippen LogP contribution in [0.1, 0.15) is 37.5 Å². The highest BCUT2D eigenvalue weighted by atomic mass is 32.1. The van der Waals surface area contributed by atoms with Gasteiger partial charge in [-0.3, -0.25) is 4.79 Å². The molecule has 19 heavy (non-hydrogen) atoms. The molecule has 1 aliphatic carbocycles. The van der Waals surface area contributed by atoms with Crippen molar-refractivity contribution in [3.8, 4) is 0 Å². The van der Waals surface area contributed by atoms with Crippen molar-refractivity contribution in [3.05, 3.63) is 22.4 Å². The fourth-order valence-corrected chi connectivity index (χ4v) is 3.60. The lowest BCUT2D eigenvalue weighted by atomic mass is 9.84. The summed E-state index contributed by atoms with van der Waals surface area (Å²) in [6, 6.07) is 4.26. The number of hydrogen-bond donors (Lipinski definition) is 2. The lowest BCUT2D eigenvalue weighted by molar-refractivity contribution is -0.125. The summed E-state index contributed by atoms with van der Waals surface area (Å²) in [6.45, 7) is 2.16. The number of carbonyl (C=O) groups is 1. The topological polar surface area (TPSA) is 49.3 Å². The van der Waals surface area contributed by atoms with Gasteiger partial charge in [0.15, 0.2) is 0 Å². The first-order valence-corrected chi connectivity index (χ1v) is 8.02. The second-order valence-corrected chi connectivity index (χ2v) is 6.56. The summed E-state index contributed by atoms with van der Waals surface area (Å²) < 4.78 is 0. The fourth-order valence-electron chi connectivity index (χ4n) is 2.76. The van der Waals surface area contributed by atoms with Gasteiger partial charge >= 0.3 is 0 Å². The van der Waals surface area contributed by atoms with Crippen LogP contribution in [0.15, 0.2) is 17.5 Å². The van der Waals surface area contributed by atoms with Crippen molar-refractivity contribution in [1.29, 1.82) is 0 Å². The van der Waals surface area contributed by atoms with Crippen LogP contribution in [-0.4, -0.2) is 23.7 Å². The van der Waals surface area contributed by atoms with Crippen molar-refractivity contribution in [2.75, 3.05) is 6.61 Å². The molecule has 3 nitrogen and oxygen atoms in total. The minimum absolute atomic E-state index is 0.0000746. The molecule has 0 spiro atoms. The Kier molecular flexibility index (Phi) is 5.40. The van der Waals surface area contributed by atoms with Crippen molar-refractivity contribution in [1.82, 2.24) is 5.32 Å². The zero-order valence-electron chi connectivity index (χ0n) is 11.5. The standard InChI is InChI=1S/C15H23NO2S/c1-11(9-13-6-4-8-19-13)15(18)16-14-7-3-2-5-12(14)10-17/h4,6,8,11-12,14,17H,2-3,5,7,9-10H2,1H3,(H,16,18). The summed E-state index contributed by atoms with van der Waals surface area (Å²) in [5.74, 6) is 0.366. The Hall–Kier alpha value is -0.870. The largest absolute Gasteiger partial charge is 0.396 e. The van der Waals surface area contributed by atoms with Gasteiger partial charge in [0.1, 0.15) is 0 Å². The van der Waals surface area contributed by atoms with Crippen LogP contribution in [0.25, 0.3) is 0 Å². The van der Waals surface area contributed by atoms with Crippen LogP contribution in [-0.2, 0) is 11.2 Å². The number of carbonyl (C=O) groups excluding carboxylic acids is 1. The monoisotopic (exact) mass is 281 g/mol. The average Bonchev–Trinajstić information content (AvgIpc) is 2.92. The van der Waals surface area contributed by atoms with Crippen LogP contribution in [0, 0.1) is 11.8 Å². The molecule has 1 saturated carbocycles. The summed E-state index contributed by atoms with van der Waals surface area (Å²) in [4.78, 5) is 13.5. The summed E-state index contributed by atoms with van der Waals surface area (Å²) in [7, 11) is 0. The maximum atomic E-state index is 12.2. The van der Waals surface area contributed by atoms with Crippen LogP contribution >= 0.6 is 11.3 Å². The predicted molar refractivity (Wildman–Crippen MR) is 78.2 cm³/mol. The first-order valence-electron chi connectivity index (χ1n) is 7.14. The van der Waals surface area contributed by atoms with Crippen LogP contribution in [0.5, 0.6) is 0 Å². The minimum atomic E-state index is -0.0000746. The van der Waals surface area contributed by atoms with Gasteiger partial charge in [-0.1, -0.05) is 25.8 Å². The molecule has 2 N–H and O–H groups in total. The number of aliphatic hydroxyl groups excluding tert-OH is 1. The van der Waals surface area contributed by atoms with Crippen molar-refractivity contribution < 1.29 is 9.90 Å². The van der Waals surface area contributed by atoms with E-state index in [0.717, 1.165) is 25.7 Å². The van der Waals surface area contributed by atoms with Crippen LogP contribution in [0.2, 0.25) is 0 Å². The van der Waals surface area contributed by atoms with Crippen molar-refractivity contribution in [2.45, 2.75) is 45.1 Å². The molecule has 0 saturated heterocycles. The molecule has 106 valence electrons. The van der Waals surface area contributed by atoms with Gasteiger partial charge in [0.2, 0.25) is 5.91 Å². The lowest BCUT2D eigenvalue weighted by Gasteiger charge is -2.31. The number of hydrogen-bond acceptors (Lipinski definition) is 3. The second-order valence-electron chi connectivity index (χ2n) is 5.53. The molecule has 1 amide bonds. The Morgan fingerprint density at radius 1 is 1.53 bits per heavy atom. The SMILES string of the molecule is CC(Cc1cccs1)C(=O)NC1CCCCC1CO. The smallest absolute Gasteiger partial charge is 0.223 e. The molecule has 0 aliphatic heterocycles. The van der Waals surface area contributed by atoms with Crippen molar-refractivity contribution in [2.24, 2.45) is 11.8 Å². The van der Waals surface area contributed by atoms with E-state index in [9.17, 15) is 9.90 Å². The van der Waals surface area contributed by atoms with Gasteiger partial charge in [-0.2, -0.15) is 0 Å². The first-order chi connectivity index (χ1) is 9.20. The molecule has 1 heterocycles. The zero-order chi connectivity index (χ0) is 13.7. The van der Waals surface area contributed by atoms with Gasteiger partial charge in [0.05, 0.1) is 0 Å². The predicted octanol–water partition coefficient (Wildman–Crippen LogP) is 2.59. The summed E-state index contributed by atoms with van der Waals surface area (Å²) >= 11 is 1.70. The number of thiophene rings is 1. The highest BCUT2D eigenvalue weighted by molar-refractivity contribution is 7.09. The highest BCUT2D eigenvalue weighted by Crippen LogP contribution is 2.24. The Bertz CT molecular complexity index is 391. The molecule has 3 atom stereocenters. The van der Waals surface area contributed by atoms with E-state index in [2.05, 4.69) is 11.4 Å². The Balaban J connectivity index is 1.85. The van der Waals surface area contributed by atoms with E-state index in [0.29, 0.717) is 0 Å². The van der Waals surface area contributed by atoms with Crippen LogP contribution in [0.4, 0.5) is 0 Å². The lowest BCUT2D eigenvalue weighted by Crippen LogP contribution is -2.45. The molecule has 2 rings (SSSR count). The van der Waals surface area contributed by atoms with E-state index >= 15 is 0 Å². The molecule has 0 radical (unpaired) electrons. The summed E-state index contributed by atoms with van der Waals surface area (Å²) in [5.41, 5.74) is 0. The van der Waals surface area contributed by atoms with Crippen molar-refractivity contribution in [3.63, 3.8) is 0 Å². The molecule has 1 aliphatic rings. The quantitative estimate of drug-likeness (QED) is 0.871. The maximum Gasteiger partial charge on any atom is 0.223 e. The third kappa shape index (κ3) is 4.05. The van der Waals surface area contributed by atoms with E-state index in [1.165, 1.54) is 11.3 Å². The molecule has 0 aromatic carbocycles. The molecule has 1 aromatic heterocycles. The molecule has 0 bridgehead atoms. The molecule has 4 heteroatoms. The van der Waals surface area contributed by atoms with E-state index in [1.54, 1.807) is 11.3 Å². The van der Waals surface area contributed by atoms with Crippen LogP contribution < -0.4 is 5.32 Å². The molecule has 1 aromatic rings. The number of amides is 1. The number of nitrogens with one attached hydrogen (secondary N) is 1. The molecule has 3 unspecified atom stereocenters. The molecular formula is C15H23NO2S. The number of aliphatic hydroxyl groups is 1. The Labute approximate surface area is 119 Å². The van der Waals surface area contributed by atoms with Gasteiger partial charge < -0.3 is 10.4 Å². The molecule has 1 fully saturated rings. The van der Waals surface area contributed by atoms with Gasteiger partial charge in [0.25, 0.3) is 0 Å². The van der Waals surface area contributed by atoms with E-state index in [4.69, 9.17) is 0 Å². The average molecular weight is 281 g/mol. The van der Waals surface area contributed by atoms with Crippen molar-refractivity contribution >= 4 is 17.2 Å². The first kappa shape index (κ1) is 14.5. The van der Waals surface area contributed by atoms with Gasteiger partial charge in [0, 0.05) is 29.4 Å². The van der Waals surface area contributed by atoms with Gasteiger partial charge in [-0.05, 0) is 30.7 Å². The second kappa shape index (κ2) is 7.06. The fraction of sp³-hybridized carbons (Fsp3) is 0.667. The van der Waals surface area contributed by atoms with Gasteiger partial charge in [-0.15, -0.1) is 11.3 Å². The number of rotatable bonds is 5. The van der Waals surface area contributed by atoms with Gasteiger partial charge in [-0.25, -0.2) is 0 Å². The zero-order valence-corrected chi connectivity index (χ0v) is 12.3. The Morgan fingerprint density at radius 2 is 2.32 bits per heavy atom. The third-order valence-corrected chi connectivity index (χ3v) is 4.91.